The van der Waals surface area contributed by atoms with Crippen LogP contribution in [0.15, 0.2) is 22.7 Å². The maximum Gasteiger partial charge on any atom is 0.416 e. The van der Waals surface area contributed by atoms with E-state index in [0.29, 0.717) is 0 Å². The van der Waals surface area contributed by atoms with Gasteiger partial charge >= 0.3 is 6.18 Å². The van der Waals surface area contributed by atoms with Crippen LogP contribution < -0.4 is 5.73 Å². The van der Waals surface area contributed by atoms with Crippen molar-refractivity contribution in [2.24, 2.45) is 5.73 Å². The van der Waals surface area contributed by atoms with Crippen LogP contribution in [0.25, 0.3) is 0 Å². The van der Waals surface area contributed by atoms with Gasteiger partial charge in [0.1, 0.15) is 0 Å². The third kappa shape index (κ3) is 4.46. The minimum Gasteiger partial charge on any atom is -0.391 e. The van der Waals surface area contributed by atoms with E-state index in [1.54, 1.807) is 0 Å². The van der Waals surface area contributed by atoms with E-state index in [4.69, 9.17) is 5.73 Å². The molecule has 0 spiro atoms. The zero-order valence-electron chi connectivity index (χ0n) is 8.83. The first kappa shape index (κ1) is 16.7. The van der Waals surface area contributed by atoms with Crippen molar-refractivity contribution in [3.05, 3.63) is 33.8 Å². The summed E-state index contributed by atoms with van der Waals surface area (Å²) in [5.74, 6) is 0. The Morgan fingerprint density at radius 2 is 1.82 bits per heavy atom. The van der Waals surface area contributed by atoms with Crippen LogP contribution in [0.2, 0.25) is 0 Å². The minimum atomic E-state index is -4.42. The summed E-state index contributed by atoms with van der Waals surface area (Å²) < 4.78 is 37.8. The second kappa shape index (κ2) is 6.04. The molecule has 0 aliphatic heterocycles. The molecule has 0 aliphatic rings. The second-order valence-electron chi connectivity index (χ2n) is 3.54. The Hall–Kier alpha value is -0.300. The quantitative estimate of drug-likeness (QED) is 0.872. The molecule has 17 heavy (non-hydrogen) atoms. The molecular weight excluding hydrogens is 322 g/mol. The highest BCUT2D eigenvalue weighted by Gasteiger charge is 2.31. The molecule has 2 atom stereocenters. The molecule has 1 aromatic carbocycles. The lowest BCUT2D eigenvalue weighted by Crippen LogP contribution is -2.23. The lowest BCUT2D eigenvalue weighted by Gasteiger charge is -2.17. The van der Waals surface area contributed by atoms with Gasteiger partial charge in [-0.2, -0.15) is 13.2 Å². The molecule has 0 aromatic heterocycles. The first-order valence-corrected chi connectivity index (χ1v) is 5.32. The van der Waals surface area contributed by atoms with Crippen LogP contribution in [0.4, 0.5) is 13.2 Å². The molecule has 0 saturated carbocycles. The van der Waals surface area contributed by atoms with Crippen molar-refractivity contribution >= 4 is 28.3 Å². The van der Waals surface area contributed by atoms with E-state index in [1.165, 1.54) is 13.0 Å². The second-order valence-corrected chi connectivity index (χ2v) is 4.45. The summed E-state index contributed by atoms with van der Waals surface area (Å²) in [6.45, 7) is 1.43. The first-order chi connectivity index (χ1) is 7.21. The van der Waals surface area contributed by atoms with E-state index in [1.807, 2.05) is 0 Å². The van der Waals surface area contributed by atoms with Gasteiger partial charge < -0.3 is 10.8 Å². The Bertz CT molecular complexity index is 384. The zero-order valence-corrected chi connectivity index (χ0v) is 11.2. The van der Waals surface area contributed by atoms with Crippen LogP contribution >= 0.6 is 28.3 Å². The molecule has 98 valence electrons. The van der Waals surface area contributed by atoms with E-state index in [2.05, 4.69) is 15.9 Å². The summed E-state index contributed by atoms with van der Waals surface area (Å²) in [6.07, 6.45) is -5.33. The average molecular weight is 335 g/mol. The molecule has 0 aliphatic carbocycles. The van der Waals surface area contributed by atoms with Crippen LogP contribution in [-0.2, 0) is 6.18 Å². The standard InChI is InChI=1S/C10H11BrF3NO.ClH/c1-5(16)9(15)6-2-7(10(12,13)14)4-8(11)3-6;/h2-5,9,16H,15H2,1H3;1H/t5-,9-;/m1./s1. The maximum absolute atomic E-state index is 12.5. The summed E-state index contributed by atoms with van der Waals surface area (Å²) in [4.78, 5) is 0. The summed E-state index contributed by atoms with van der Waals surface area (Å²) in [5, 5.41) is 9.24. The van der Waals surface area contributed by atoms with Crippen molar-refractivity contribution in [1.29, 1.82) is 0 Å². The first-order valence-electron chi connectivity index (χ1n) is 4.53. The normalized spacial score (nSPS) is 15.0. The largest absolute Gasteiger partial charge is 0.416 e. The number of nitrogens with two attached hydrogens (primary N) is 1. The Morgan fingerprint density at radius 3 is 2.24 bits per heavy atom. The number of rotatable bonds is 2. The van der Waals surface area contributed by atoms with Gasteiger partial charge in [-0.15, -0.1) is 12.4 Å². The minimum absolute atomic E-state index is 0. The molecule has 0 saturated heterocycles. The van der Waals surface area contributed by atoms with Crippen molar-refractivity contribution in [3.63, 3.8) is 0 Å². The molecule has 0 bridgehead atoms. The molecule has 1 aromatic rings. The molecule has 2 nitrogen and oxygen atoms in total. The SMILES string of the molecule is C[C@@H](O)[C@@H](N)c1cc(Br)cc(C(F)(F)F)c1.Cl. The van der Waals surface area contributed by atoms with Crippen molar-refractivity contribution in [3.8, 4) is 0 Å². The highest BCUT2D eigenvalue weighted by atomic mass is 79.9. The maximum atomic E-state index is 12.5. The van der Waals surface area contributed by atoms with Gasteiger partial charge in [-0.05, 0) is 30.7 Å². The summed E-state index contributed by atoms with van der Waals surface area (Å²) in [6, 6.07) is 2.55. The fourth-order valence-corrected chi connectivity index (χ4v) is 1.76. The third-order valence-corrected chi connectivity index (χ3v) is 2.61. The van der Waals surface area contributed by atoms with Gasteiger partial charge in [-0.3, -0.25) is 0 Å². The molecule has 0 radical (unpaired) electrons. The highest BCUT2D eigenvalue weighted by Crippen LogP contribution is 2.33. The number of alkyl halides is 3. The van der Waals surface area contributed by atoms with Gasteiger partial charge in [0.15, 0.2) is 0 Å². The van der Waals surface area contributed by atoms with E-state index >= 15 is 0 Å². The smallest absolute Gasteiger partial charge is 0.391 e. The van der Waals surface area contributed by atoms with Crippen LogP contribution in [-0.4, -0.2) is 11.2 Å². The van der Waals surface area contributed by atoms with E-state index in [9.17, 15) is 18.3 Å². The van der Waals surface area contributed by atoms with Crippen LogP contribution in [0.5, 0.6) is 0 Å². The fourth-order valence-electron chi connectivity index (χ4n) is 1.25. The van der Waals surface area contributed by atoms with Gasteiger partial charge in [-0.1, -0.05) is 15.9 Å². The fraction of sp³-hybridized carbons (Fsp3) is 0.400. The van der Waals surface area contributed by atoms with Crippen molar-refractivity contribution in [1.82, 2.24) is 0 Å². The highest BCUT2D eigenvalue weighted by molar-refractivity contribution is 9.10. The lowest BCUT2D eigenvalue weighted by molar-refractivity contribution is -0.137. The van der Waals surface area contributed by atoms with Gasteiger partial charge in [0.2, 0.25) is 0 Å². The lowest BCUT2D eigenvalue weighted by atomic mass is 10.0. The molecule has 3 N–H and O–H groups in total. The third-order valence-electron chi connectivity index (χ3n) is 2.15. The number of hydrogen-bond acceptors (Lipinski definition) is 2. The predicted octanol–water partition coefficient (Wildman–Crippen LogP) is 3.27. The van der Waals surface area contributed by atoms with Gasteiger partial charge in [0, 0.05) is 4.47 Å². The van der Waals surface area contributed by atoms with E-state index < -0.39 is 23.9 Å². The van der Waals surface area contributed by atoms with Gasteiger partial charge in [0.05, 0.1) is 17.7 Å². The molecule has 0 amide bonds. The Kier molecular flexibility index (Phi) is 5.93. The summed E-state index contributed by atoms with van der Waals surface area (Å²) >= 11 is 2.99. The van der Waals surface area contributed by atoms with Crippen LogP contribution in [0.3, 0.4) is 0 Å². The van der Waals surface area contributed by atoms with E-state index in [-0.39, 0.29) is 22.4 Å². The molecular formula is C10H12BrClF3NO. The zero-order chi connectivity index (χ0) is 12.5. The Balaban J connectivity index is 0.00000256. The molecule has 0 unspecified atom stereocenters. The Labute approximate surface area is 112 Å². The monoisotopic (exact) mass is 333 g/mol. The topological polar surface area (TPSA) is 46.2 Å². The number of halogens is 5. The average Bonchev–Trinajstić information content (AvgIpc) is 2.14. The number of aliphatic hydroxyl groups excluding tert-OH is 1. The van der Waals surface area contributed by atoms with Gasteiger partial charge in [0.25, 0.3) is 0 Å². The number of aliphatic hydroxyl groups is 1. The van der Waals surface area contributed by atoms with Crippen molar-refractivity contribution in [2.75, 3.05) is 0 Å². The van der Waals surface area contributed by atoms with Crippen LogP contribution in [0.1, 0.15) is 24.1 Å². The van der Waals surface area contributed by atoms with Crippen molar-refractivity contribution < 1.29 is 18.3 Å². The molecule has 1 rings (SSSR count). The number of hydrogen-bond donors (Lipinski definition) is 2. The molecule has 7 heteroatoms. The van der Waals surface area contributed by atoms with Crippen molar-refractivity contribution in [2.45, 2.75) is 25.2 Å². The molecule has 0 heterocycles. The molecule has 0 fully saturated rings. The number of benzene rings is 1. The predicted molar refractivity (Wildman–Crippen MR) is 65.0 cm³/mol. The summed E-state index contributed by atoms with van der Waals surface area (Å²) in [7, 11) is 0. The van der Waals surface area contributed by atoms with Crippen LogP contribution in [0, 0.1) is 0 Å². The summed E-state index contributed by atoms with van der Waals surface area (Å²) in [5.41, 5.74) is 5.04. The Morgan fingerprint density at radius 1 is 1.29 bits per heavy atom. The van der Waals surface area contributed by atoms with E-state index in [0.717, 1.165) is 12.1 Å². The van der Waals surface area contributed by atoms with Gasteiger partial charge in [-0.25, -0.2) is 0 Å².